The predicted octanol–water partition coefficient (Wildman–Crippen LogP) is -2.02. The lowest BCUT2D eigenvalue weighted by atomic mass is 10.7. The third-order valence-electron chi connectivity index (χ3n) is 0.381. The SMILES string of the molecule is NC(=S)S.NOC(=O)C(=O)ON. The second-order valence-electron chi connectivity index (χ2n) is 1.15. The zero-order chi connectivity index (χ0) is 10.1. The Bertz CT molecular complexity index is 166. The van der Waals surface area contributed by atoms with Crippen LogP contribution in [-0.2, 0) is 19.3 Å². The van der Waals surface area contributed by atoms with Gasteiger partial charge in [-0.3, -0.25) is 0 Å². The van der Waals surface area contributed by atoms with Crippen molar-refractivity contribution < 1.29 is 19.3 Å². The van der Waals surface area contributed by atoms with Crippen LogP contribution in [-0.4, -0.2) is 16.3 Å². The highest BCUT2D eigenvalue weighted by Crippen LogP contribution is 1.71. The molecule has 0 aliphatic rings. The topological polar surface area (TPSA) is 131 Å². The summed E-state index contributed by atoms with van der Waals surface area (Å²) in [6, 6.07) is 0. The van der Waals surface area contributed by atoms with E-state index in [1.54, 1.807) is 0 Å². The van der Waals surface area contributed by atoms with Gasteiger partial charge in [-0.1, -0.05) is 12.2 Å². The minimum atomic E-state index is -1.33. The van der Waals surface area contributed by atoms with Crippen molar-refractivity contribution in [3.8, 4) is 0 Å². The smallest absolute Gasteiger partial charge is 0.385 e. The van der Waals surface area contributed by atoms with Crippen LogP contribution in [0.25, 0.3) is 0 Å². The molecule has 0 amide bonds. The fraction of sp³-hybridized carbons (Fsp3) is 0. The summed E-state index contributed by atoms with van der Waals surface area (Å²) in [5.41, 5.74) is 4.71. The van der Waals surface area contributed by atoms with Gasteiger partial charge < -0.3 is 15.4 Å². The van der Waals surface area contributed by atoms with Gasteiger partial charge in [-0.25, -0.2) is 9.59 Å². The van der Waals surface area contributed by atoms with Crippen LogP contribution in [0, 0.1) is 0 Å². The van der Waals surface area contributed by atoms with Crippen LogP contribution in [0.4, 0.5) is 0 Å². The molecule has 0 spiro atoms. The molecule has 0 atom stereocenters. The maximum absolute atomic E-state index is 9.84. The van der Waals surface area contributed by atoms with Crippen LogP contribution in [0.1, 0.15) is 0 Å². The van der Waals surface area contributed by atoms with Crippen LogP contribution in [0.15, 0.2) is 0 Å². The number of nitrogens with two attached hydrogens (primary N) is 3. The van der Waals surface area contributed by atoms with Crippen LogP contribution in [0.2, 0.25) is 0 Å². The van der Waals surface area contributed by atoms with E-state index in [0.717, 1.165) is 0 Å². The summed E-state index contributed by atoms with van der Waals surface area (Å²) in [6.07, 6.45) is 0. The summed E-state index contributed by atoms with van der Waals surface area (Å²) >= 11 is 7.65. The van der Waals surface area contributed by atoms with Gasteiger partial charge in [-0.2, -0.15) is 11.8 Å². The molecule has 9 heteroatoms. The summed E-state index contributed by atoms with van der Waals surface area (Å²) in [6.45, 7) is 0. The molecule has 0 rings (SSSR count). The standard InChI is InChI=1S/C2H4N2O4.CH3NS2/c3-7-1(5)2(6)8-4;2-1(3)4/h3-4H2;(H3,2,3,4). The first-order chi connectivity index (χ1) is 5.45. The minimum Gasteiger partial charge on any atom is -0.385 e. The molecule has 0 aliphatic carbocycles. The first-order valence-corrected chi connectivity index (χ1v) is 3.11. The van der Waals surface area contributed by atoms with E-state index in [9.17, 15) is 9.59 Å². The van der Waals surface area contributed by atoms with Crippen LogP contribution in [0.3, 0.4) is 0 Å². The maximum atomic E-state index is 9.84. The molecule has 0 aromatic heterocycles. The number of hydrogen-bond acceptors (Lipinski definition) is 7. The summed E-state index contributed by atoms with van der Waals surface area (Å²) in [5.74, 6) is 5.83. The predicted molar refractivity (Wildman–Crippen MR) is 46.3 cm³/mol. The van der Waals surface area contributed by atoms with E-state index in [-0.39, 0.29) is 4.32 Å². The van der Waals surface area contributed by atoms with E-state index >= 15 is 0 Å². The van der Waals surface area contributed by atoms with Crippen molar-refractivity contribution in [3.63, 3.8) is 0 Å². The molecule has 0 aromatic carbocycles. The van der Waals surface area contributed by atoms with Gasteiger partial charge in [0.2, 0.25) is 0 Å². The zero-order valence-electron chi connectivity index (χ0n) is 5.72. The van der Waals surface area contributed by atoms with Crippen LogP contribution < -0.4 is 17.5 Å². The number of rotatable bonds is 0. The average molecular weight is 213 g/mol. The number of hydrogen-bond donors (Lipinski definition) is 4. The fourth-order valence-corrected chi connectivity index (χ4v) is 0.0962. The normalized spacial score (nSPS) is 7.25. The van der Waals surface area contributed by atoms with Crippen molar-refractivity contribution in [2.75, 3.05) is 0 Å². The molecule has 0 radical (unpaired) electrons. The number of carbonyl (C=O) groups excluding carboxylic acids is 2. The van der Waals surface area contributed by atoms with Gasteiger partial charge >= 0.3 is 11.9 Å². The van der Waals surface area contributed by atoms with E-state index in [1.165, 1.54) is 0 Å². The highest BCUT2D eigenvalue weighted by molar-refractivity contribution is 8.10. The van der Waals surface area contributed by atoms with Gasteiger partial charge in [0.1, 0.15) is 4.32 Å². The largest absolute Gasteiger partial charge is 0.437 e. The number of thiocarbonyl (C=S) groups is 1. The maximum Gasteiger partial charge on any atom is 0.437 e. The summed E-state index contributed by atoms with van der Waals surface area (Å²) < 4.78 is 0.194. The second kappa shape index (κ2) is 8.20. The quantitative estimate of drug-likeness (QED) is 0.157. The Balaban J connectivity index is 0. The molecular weight excluding hydrogens is 206 g/mol. The highest BCUT2D eigenvalue weighted by Gasteiger charge is 2.14. The Kier molecular flexibility index (Phi) is 9.34. The molecule has 7 nitrogen and oxygen atoms in total. The van der Waals surface area contributed by atoms with Crippen molar-refractivity contribution in [3.05, 3.63) is 0 Å². The van der Waals surface area contributed by atoms with Gasteiger partial charge in [0.25, 0.3) is 0 Å². The highest BCUT2D eigenvalue weighted by atomic mass is 32.1. The van der Waals surface area contributed by atoms with Gasteiger partial charge in [-0.05, 0) is 0 Å². The van der Waals surface area contributed by atoms with Crippen molar-refractivity contribution in [1.82, 2.24) is 0 Å². The van der Waals surface area contributed by atoms with E-state index in [1.807, 2.05) is 0 Å². The molecule has 0 aliphatic heterocycles. The zero-order valence-corrected chi connectivity index (χ0v) is 7.43. The molecule has 12 heavy (non-hydrogen) atoms. The van der Waals surface area contributed by atoms with Crippen LogP contribution >= 0.6 is 24.8 Å². The monoisotopic (exact) mass is 213 g/mol. The molecule has 0 saturated carbocycles. The molecule has 70 valence electrons. The van der Waals surface area contributed by atoms with Gasteiger partial charge in [-0.15, -0.1) is 12.6 Å². The summed E-state index contributed by atoms with van der Waals surface area (Å²) in [5, 5.41) is 0. The van der Waals surface area contributed by atoms with Crippen molar-refractivity contribution in [1.29, 1.82) is 0 Å². The molecule has 6 N–H and O–H groups in total. The molecule has 0 bridgehead atoms. The van der Waals surface area contributed by atoms with Crippen molar-refractivity contribution in [2.24, 2.45) is 17.5 Å². The van der Waals surface area contributed by atoms with E-state index in [2.05, 4.69) is 46.3 Å². The molecule has 0 saturated heterocycles. The lowest BCUT2D eigenvalue weighted by Gasteiger charge is -1.90. The van der Waals surface area contributed by atoms with E-state index < -0.39 is 11.9 Å². The Morgan fingerprint density at radius 3 is 1.42 bits per heavy atom. The van der Waals surface area contributed by atoms with Crippen molar-refractivity contribution in [2.45, 2.75) is 0 Å². The number of carbonyl (C=O) groups is 2. The lowest BCUT2D eigenvalue weighted by molar-refractivity contribution is -0.168. The third-order valence-corrected chi connectivity index (χ3v) is 0.381. The van der Waals surface area contributed by atoms with Gasteiger partial charge in [0.05, 0.1) is 0 Å². The first kappa shape index (κ1) is 13.7. The van der Waals surface area contributed by atoms with Gasteiger partial charge in [0, 0.05) is 0 Å². The summed E-state index contributed by atoms with van der Waals surface area (Å²) in [4.78, 5) is 26.5. The second-order valence-corrected chi connectivity index (χ2v) is 2.37. The van der Waals surface area contributed by atoms with E-state index in [4.69, 9.17) is 5.73 Å². The Morgan fingerprint density at radius 1 is 1.17 bits per heavy atom. The van der Waals surface area contributed by atoms with E-state index in [0.29, 0.717) is 0 Å². The molecule has 0 aromatic rings. The fourth-order valence-electron chi connectivity index (χ4n) is 0.0962. The molecular formula is C3H7N3O4S2. The summed E-state index contributed by atoms with van der Waals surface area (Å²) in [7, 11) is 0. The molecule has 0 heterocycles. The Labute approximate surface area is 78.5 Å². The Morgan fingerprint density at radius 2 is 1.33 bits per heavy atom. The lowest BCUT2D eigenvalue weighted by Crippen LogP contribution is -2.25. The first-order valence-electron chi connectivity index (χ1n) is 2.25. The van der Waals surface area contributed by atoms with Gasteiger partial charge in [0.15, 0.2) is 0 Å². The average Bonchev–Trinajstić information content (AvgIpc) is 2.00. The molecule has 0 unspecified atom stereocenters. The number of thiol groups is 1. The van der Waals surface area contributed by atoms with Crippen molar-refractivity contribution >= 4 is 41.1 Å². The minimum absolute atomic E-state index is 0.194. The van der Waals surface area contributed by atoms with Crippen LogP contribution in [0.5, 0.6) is 0 Å². The molecule has 0 fully saturated rings. The third kappa shape index (κ3) is 11.8. The Hall–Kier alpha value is -0.900.